The highest BCUT2D eigenvalue weighted by Crippen LogP contribution is 2.22. The third-order valence-electron chi connectivity index (χ3n) is 5.52. The van der Waals surface area contributed by atoms with Crippen LogP contribution in [-0.2, 0) is 11.3 Å². The van der Waals surface area contributed by atoms with E-state index < -0.39 is 0 Å². The van der Waals surface area contributed by atoms with E-state index in [4.69, 9.17) is 16.6 Å². The molecule has 2 fully saturated rings. The molecule has 3 N–H and O–H groups in total. The fraction of sp³-hybridized carbons (Fsp3) is 0.619. The summed E-state index contributed by atoms with van der Waals surface area (Å²) in [6, 6.07) is 8.36. The Morgan fingerprint density at radius 1 is 1.28 bits per heavy atom. The topological polar surface area (TPSA) is 68.8 Å². The Hall–Kier alpha value is -1.06. The molecule has 3 rings (SSSR count). The van der Waals surface area contributed by atoms with Gasteiger partial charge in [-0.1, -0.05) is 29.8 Å². The summed E-state index contributed by atoms with van der Waals surface area (Å²) in [6.45, 7) is 7.52. The van der Waals surface area contributed by atoms with Gasteiger partial charge in [0.15, 0.2) is 5.96 Å². The molecule has 1 aromatic rings. The first-order valence-corrected chi connectivity index (χ1v) is 10.8. The van der Waals surface area contributed by atoms with Crippen LogP contribution in [0.2, 0.25) is 5.02 Å². The molecular weight excluding hydrogens is 501 g/mol. The highest BCUT2D eigenvalue weighted by Gasteiger charge is 2.21. The van der Waals surface area contributed by atoms with Gasteiger partial charge in [0.05, 0.1) is 0 Å². The second kappa shape index (κ2) is 12.6. The van der Waals surface area contributed by atoms with Crippen LogP contribution in [0, 0.1) is 5.92 Å². The molecule has 2 heterocycles. The summed E-state index contributed by atoms with van der Waals surface area (Å²) in [6.07, 6.45) is 3.76. The second-order valence-corrected chi connectivity index (χ2v) is 8.12. The number of halogens is 2. The van der Waals surface area contributed by atoms with Crippen LogP contribution in [0.3, 0.4) is 0 Å². The smallest absolute Gasteiger partial charge is 0.220 e. The van der Waals surface area contributed by atoms with Crippen LogP contribution >= 0.6 is 35.6 Å². The molecule has 0 saturated carbocycles. The van der Waals surface area contributed by atoms with Crippen LogP contribution in [-0.4, -0.2) is 55.5 Å². The number of aliphatic imine (C=N–C) groups is 1. The van der Waals surface area contributed by atoms with E-state index in [1.165, 1.54) is 5.56 Å². The molecule has 0 bridgehead atoms. The summed E-state index contributed by atoms with van der Waals surface area (Å²) < 4.78 is 0. The van der Waals surface area contributed by atoms with Crippen LogP contribution in [0.25, 0.3) is 0 Å². The lowest BCUT2D eigenvalue weighted by Crippen LogP contribution is -2.51. The number of likely N-dealkylation sites (tertiary alicyclic amines) is 1. The van der Waals surface area contributed by atoms with Crippen molar-refractivity contribution in [3.63, 3.8) is 0 Å². The van der Waals surface area contributed by atoms with Crippen molar-refractivity contribution < 1.29 is 4.79 Å². The van der Waals surface area contributed by atoms with Crippen molar-refractivity contribution in [3.8, 4) is 0 Å². The van der Waals surface area contributed by atoms with Crippen LogP contribution in [0.15, 0.2) is 29.3 Å². The minimum atomic E-state index is 0. The SMILES string of the molecule is CCNC(=NCC1CCN(Cc2ccccc2Cl)CC1)NC1CCC(=O)NC1.I. The number of amides is 1. The molecule has 6 nitrogen and oxygen atoms in total. The van der Waals surface area contributed by atoms with E-state index in [9.17, 15) is 4.79 Å². The highest BCUT2D eigenvalue weighted by atomic mass is 127. The lowest BCUT2D eigenvalue weighted by atomic mass is 9.96. The molecular formula is C21H33ClIN5O. The van der Waals surface area contributed by atoms with Gasteiger partial charge in [0.25, 0.3) is 0 Å². The normalized spacial score (nSPS) is 21.2. The molecule has 1 aromatic carbocycles. The molecule has 2 saturated heterocycles. The lowest BCUT2D eigenvalue weighted by Gasteiger charge is -2.31. The summed E-state index contributed by atoms with van der Waals surface area (Å²) in [4.78, 5) is 18.6. The molecule has 1 atom stereocenters. The molecule has 8 heteroatoms. The van der Waals surface area contributed by atoms with Gasteiger partial charge in [-0.3, -0.25) is 14.7 Å². The Balaban J connectivity index is 0.00000300. The van der Waals surface area contributed by atoms with Crippen molar-refractivity contribution in [2.75, 3.05) is 32.7 Å². The number of nitrogens with one attached hydrogen (secondary N) is 3. The molecule has 2 aliphatic rings. The van der Waals surface area contributed by atoms with Gasteiger partial charge in [-0.05, 0) is 56.8 Å². The largest absolute Gasteiger partial charge is 0.357 e. The Morgan fingerprint density at radius 2 is 2.03 bits per heavy atom. The van der Waals surface area contributed by atoms with Gasteiger partial charge < -0.3 is 16.0 Å². The zero-order valence-electron chi connectivity index (χ0n) is 17.1. The van der Waals surface area contributed by atoms with Gasteiger partial charge in [0.1, 0.15) is 0 Å². The lowest BCUT2D eigenvalue weighted by molar-refractivity contribution is -0.122. The summed E-state index contributed by atoms with van der Waals surface area (Å²) in [5.41, 5.74) is 1.21. The summed E-state index contributed by atoms with van der Waals surface area (Å²) >= 11 is 6.29. The summed E-state index contributed by atoms with van der Waals surface area (Å²) in [5, 5.41) is 10.6. The first kappa shape index (κ1) is 24.2. The van der Waals surface area contributed by atoms with Crippen molar-refractivity contribution in [2.45, 2.75) is 45.2 Å². The monoisotopic (exact) mass is 533 g/mol. The predicted molar refractivity (Wildman–Crippen MR) is 130 cm³/mol. The van der Waals surface area contributed by atoms with Crippen LogP contribution < -0.4 is 16.0 Å². The Bertz CT molecular complexity index is 669. The standard InChI is InChI=1S/C21H32ClN5O.HI/c1-2-23-21(26-18-7-8-20(28)24-14-18)25-13-16-9-11-27(12-10-16)15-17-5-3-4-6-19(17)22;/h3-6,16,18H,2,7-15H2,1H3,(H,24,28)(H2,23,25,26);1H. The summed E-state index contributed by atoms with van der Waals surface area (Å²) in [5.74, 6) is 1.62. The first-order chi connectivity index (χ1) is 13.6. The Morgan fingerprint density at radius 3 is 2.69 bits per heavy atom. The van der Waals surface area contributed by atoms with Crippen molar-refractivity contribution in [2.24, 2.45) is 10.9 Å². The van der Waals surface area contributed by atoms with Crippen molar-refractivity contribution in [1.29, 1.82) is 0 Å². The zero-order chi connectivity index (χ0) is 19.8. The Labute approximate surface area is 196 Å². The zero-order valence-corrected chi connectivity index (χ0v) is 20.2. The summed E-state index contributed by atoms with van der Waals surface area (Å²) in [7, 11) is 0. The molecule has 162 valence electrons. The van der Waals surface area contributed by atoms with Gasteiger partial charge >= 0.3 is 0 Å². The number of rotatable bonds is 6. The molecule has 0 aromatic heterocycles. The number of guanidine groups is 1. The quantitative estimate of drug-likeness (QED) is 0.299. The molecule has 0 spiro atoms. The van der Waals surface area contributed by atoms with Gasteiger partial charge in [-0.2, -0.15) is 0 Å². The number of carbonyl (C=O) groups excluding carboxylic acids is 1. The molecule has 0 radical (unpaired) electrons. The maximum Gasteiger partial charge on any atom is 0.220 e. The van der Waals surface area contributed by atoms with E-state index in [2.05, 4.69) is 39.9 Å². The minimum Gasteiger partial charge on any atom is -0.357 e. The number of carbonyl (C=O) groups is 1. The van der Waals surface area contributed by atoms with E-state index in [1.807, 2.05) is 12.1 Å². The number of nitrogens with zero attached hydrogens (tertiary/aromatic N) is 2. The van der Waals surface area contributed by atoms with E-state index in [0.29, 0.717) is 18.9 Å². The number of benzene rings is 1. The third-order valence-corrected chi connectivity index (χ3v) is 5.89. The van der Waals surface area contributed by atoms with E-state index >= 15 is 0 Å². The van der Waals surface area contributed by atoms with Gasteiger partial charge in [-0.15, -0.1) is 24.0 Å². The molecule has 0 aliphatic carbocycles. The third kappa shape index (κ3) is 7.94. The van der Waals surface area contributed by atoms with E-state index in [0.717, 1.165) is 63.0 Å². The highest BCUT2D eigenvalue weighted by molar-refractivity contribution is 14.0. The van der Waals surface area contributed by atoms with Crippen LogP contribution in [0.4, 0.5) is 0 Å². The van der Waals surface area contributed by atoms with Gasteiger partial charge in [0.2, 0.25) is 5.91 Å². The fourth-order valence-electron chi connectivity index (χ4n) is 3.78. The van der Waals surface area contributed by atoms with E-state index in [1.54, 1.807) is 0 Å². The number of hydrogen-bond acceptors (Lipinski definition) is 3. The van der Waals surface area contributed by atoms with Gasteiger partial charge in [-0.25, -0.2) is 0 Å². The maximum absolute atomic E-state index is 11.3. The van der Waals surface area contributed by atoms with Crippen molar-refractivity contribution in [1.82, 2.24) is 20.9 Å². The Kier molecular flexibility index (Phi) is 10.5. The molecule has 1 amide bonds. The maximum atomic E-state index is 11.3. The fourth-order valence-corrected chi connectivity index (χ4v) is 3.98. The number of piperidine rings is 2. The average molecular weight is 534 g/mol. The van der Waals surface area contributed by atoms with Crippen LogP contribution in [0.1, 0.15) is 38.2 Å². The number of hydrogen-bond donors (Lipinski definition) is 3. The van der Waals surface area contributed by atoms with E-state index in [-0.39, 0.29) is 35.9 Å². The molecule has 1 unspecified atom stereocenters. The van der Waals surface area contributed by atoms with Crippen molar-refractivity contribution in [3.05, 3.63) is 34.9 Å². The average Bonchev–Trinajstić information content (AvgIpc) is 2.71. The molecule has 29 heavy (non-hydrogen) atoms. The minimum absolute atomic E-state index is 0. The van der Waals surface area contributed by atoms with Crippen molar-refractivity contribution >= 4 is 47.4 Å². The van der Waals surface area contributed by atoms with Crippen LogP contribution in [0.5, 0.6) is 0 Å². The second-order valence-electron chi connectivity index (χ2n) is 7.71. The van der Waals surface area contributed by atoms with Gasteiger partial charge in [0, 0.05) is 43.7 Å². The molecule has 2 aliphatic heterocycles. The first-order valence-electron chi connectivity index (χ1n) is 10.4. The predicted octanol–water partition coefficient (Wildman–Crippen LogP) is 3.00.